The summed E-state index contributed by atoms with van der Waals surface area (Å²) in [4.78, 5) is 11.9. The van der Waals surface area contributed by atoms with Gasteiger partial charge >= 0.3 is 0 Å². The van der Waals surface area contributed by atoms with Gasteiger partial charge in [0, 0.05) is 5.56 Å². The van der Waals surface area contributed by atoms with Crippen molar-refractivity contribution >= 4 is 5.78 Å². The van der Waals surface area contributed by atoms with Crippen molar-refractivity contribution in [2.75, 3.05) is 19.8 Å². The minimum absolute atomic E-state index is 0.0521. The van der Waals surface area contributed by atoms with Gasteiger partial charge in [-0.3, -0.25) is 4.79 Å². The Labute approximate surface area is 90.7 Å². The summed E-state index contributed by atoms with van der Waals surface area (Å²) in [6.07, 6.45) is 0. The monoisotopic (exact) mass is 228 g/mol. The number of ether oxygens (including phenoxy) is 1. The Morgan fingerprint density at radius 3 is 2.50 bits per heavy atom. The number of hydrogen-bond acceptors (Lipinski definition) is 3. The maximum absolute atomic E-state index is 12.9. The van der Waals surface area contributed by atoms with Gasteiger partial charge in [0.25, 0.3) is 0 Å². The lowest BCUT2D eigenvalue weighted by Crippen LogP contribution is -2.51. The van der Waals surface area contributed by atoms with Crippen LogP contribution in [0.2, 0.25) is 0 Å². The number of hydrogen-bond donors (Lipinski definition) is 1. The normalized spacial score (nSPS) is 17.9. The van der Waals surface area contributed by atoms with Crippen LogP contribution in [-0.4, -0.2) is 30.7 Å². The number of aliphatic hydroxyl groups is 1. The van der Waals surface area contributed by atoms with Crippen molar-refractivity contribution in [1.29, 1.82) is 0 Å². The fourth-order valence-corrected chi connectivity index (χ4v) is 1.59. The van der Waals surface area contributed by atoms with E-state index in [4.69, 9.17) is 9.84 Å². The minimum atomic E-state index is -1.07. The Balaban J connectivity index is 2.30. The van der Waals surface area contributed by atoms with E-state index in [-0.39, 0.29) is 25.4 Å². The highest BCUT2D eigenvalue weighted by atomic mass is 19.2. The largest absolute Gasteiger partial charge is 0.395 e. The van der Waals surface area contributed by atoms with E-state index < -0.39 is 22.8 Å². The maximum atomic E-state index is 12.9. The summed E-state index contributed by atoms with van der Waals surface area (Å²) in [6, 6.07) is 2.94. The lowest BCUT2D eigenvalue weighted by molar-refractivity contribution is -0.109. The third-order valence-corrected chi connectivity index (χ3v) is 2.72. The average molecular weight is 228 g/mol. The first-order chi connectivity index (χ1) is 7.59. The third kappa shape index (κ3) is 1.62. The molecule has 0 saturated carbocycles. The molecule has 1 aromatic rings. The quantitative estimate of drug-likeness (QED) is 0.789. The fourth-order valence-electron chi connectivity index (χ4n) is 1.59. The molecular weight excluding hydrogens is 218 g/mol. The summed E-state index contributed by atoms with van der Waals surface area (Å²) >= 11 is 0. The van der Waals surface area contributed by atoms with Gasteiger partial charge in [-0.1, -0.05) is 0 Å². The predicted octanol–water partition coefficient (Wildman–Crippen LogP) is 1.16. The molecule has 0 unspecified atom stereocenters. The predicted molar refractivity (Wildman–Crippen MR) is 51.0 cm³/mol. The highest BCUT2D eigenvalue weighted by Crippen LogP contribution is 2.31. The van der Waals surface area contributed by atoms with Gasteiger partial charge in [0.05, 0.1) is 19.8 Å². The fraction of sp³-hybridized carbons (Fsp3) is 0.364. The second-order valence-corrected chi connectivity index (χ2v) is 3.89. The van der Waals surface area contributed by atoms with Gasteiger partial charge in [-0.2, -0.15) is 0 Å². The van der Waals surface area contributed by atoms with E-state index in [2.05, 4.69) is 0 Å². The molecule has 1 saturated heterocycles. The second-order valence-electron chi connectivity index (χ2n) is 3.89. The number of carbonyl (C=O) groups excluding carboxylic acids is 1. The molecule has 3 nitrogen and oxygen atoms in total. The number of rotatable bonds is 3. The van der Waals surface area contributed by atoms with Crippen LogP contribution in [0, 0.1) is 17.0 Å². The van der Waals surface area contributed by atoms with Crippen LogP contribution in [0.5, 0.6) is 0 Å². The summed E-state index contributed by atoms with van der Waals surface area (Å²) in [7, 11) is 0. The average Bonchev–Trinajstić information content (AvgIpc) is 2.21. The third-order valence-electron chi connectivity index (χ3n) is 2.72. The van der Waals surface area contributed by atoms with E-state index in [9.17, 15) is 13.6 Å². The minimum Gasteiger partial charge on any atom is -0.395 e. The Bertz CT molecular complexity index is 422. The van der Waals surface area contributed by atoms with E-state index in [1.807, 2.05) is 0 Å². The van der Waals surface area contributed by atoms with Gasteiger partial charge in [-0.25, -0.2) is 8.78 Å². The first-order valence-electron chi connectivity index (χ1n) is 4.77. The molecule has 1 aromatic carbocycles. The molecule has 0 amide bonds. The zero-order valence-electron chi connectivity index (χ0n) is 8.37. The molecule has 1 fully saturated rings. The summed E-state index contributed by atoms with van der Waals surface area (Å²) in [5, 5.41) is 9.12. The van der Waals surface area contributed by atoms with Crippen LogP contribution < -0.4 is 0 Å². The van der Waals surface area contributed by atoms with Crippen LogP contribution in [0.3, 0.4) is 0 Å². The Kier molecular flexibility index (Phi) is 2.73. The Morgan fingerprint density at radius 2 is 2.06 bits per heavy atom. The van der Waals surface area contributed by atoms with Gasteiger partial charge in [-0.05, 0) is 18.2 Å². The number of ketones is 1. The van der Waals surface area contributed by atoms with Crippen LogP contribution >= 0.6 is 0 Å². The number of carbonyl (C=O) groups is 1. The summed E-state index contributed by atoms with van der Waals surface area (Å²) in [5.74, 6) is -2.49. The van der Waals surface area contributed by atoms with Crippen molar-refractivity contribution in [3.63, 3.8) is 0 Å². The molecule has 1 aliphatic rings. The molecule has 0 bridgehead atoms. The van der Waals surface area contributed by atoms with Crippen molar-refractivity contribution in [2.45, 2.75) is 0 Å². The van der Waals surface area contributed by atoms with Crippen molar-refractivity contribution < 1.29 is 23.4 Å². The maximum Gasteiger partial charge on any atom is 0.176 e. The zero-order chi connectivity index (χ0) is 11.8. The Hall–Kier alpha value is -1.33. The Morgan fingerprint density at radius 1 is 1.38 bits per heavy atom. The van der Waals surface area contributed by atoms with Gasteiger partial charge in [-0.15, -0.1) is 0 Å². The van der Waals surface area contributed by atoms with Crippen molar-refractivity contribution in [3.8, 4) is 0 Å². The van der Waals surface area contributed by atoms with E-state index in [0.29, 0.717) is 0 Å². The molecule has 0 spiro atoms. The van der Waals surface area contributed by atoms with Crippen LogP contribution in [0.4, 0.5) is 8.78 Å². The molecule has 1 heterocycles. The van der Waals surface area contributed by atoms with Gasteiger partial charge in [0.2, 0.25) is 0 Å². The van der Waals surface area contributed by atoms with Crippen molar-refractivity contribution in [3.05, 3.63) is 35.4 Å². The smallest absolute Gasteiger partial charge is 0.176 e. The molecule has 1 N–H and O–H groups in total. The number of aliphatic hydroxyl groups excluding tert-OH is 1. The zero-order valence-corrected chi connectivity index (χ0v) is 8.37. The lowest BCUT2D eigenvalue weighted by atomic mass is 9.79. The molecule has 0 aromatic heterocycles. The highest BCUT2D eigenvalue weighted by Gasteiger charge is 2.45. The standard InChI is InChI=1S/C11H10F2O3/c12-8-2-1-7(3-9(8)13)10(15)11(4-14)5-16-6-11/h1-3,14H,4-6H2. The SMILES string of the molecule is O=C(c1ccc(F)c(F)c1)C1(CO)COC1. The van der Waals surface area contributed by atoms with Gasteiger partial charge in [0.1, 0.15) is 5.41 Å². The van der Waals surface area contributed by atoms with E-state index in [1.165, 1.54) is 6.07 Å². The molecule has 0 atom stereocenters. The number of benzene rings is 1. The summed E-state index contributed by atoms with van der Waals surface area (Å²) < 4.78 is 30.5. The van der Waals surface area contributed by atoms with Crippen molar-refractivity contribution in [1.82, 2.24) is 0 Å². The lowest BCUT2D eigenvalue weighted by Gasteiger charge is -2.38. The first kappa shape index (κ1) is 11.2. The molecule has 5 heteroatoms. The van der Waals surface area contributed by atoms with E-state index in [1.54, 1.807) is 0 Å². The van der Waals surface area contributed by atoms with Crippen LogP contribution in [0.1, 0.15) is 10.4 Å². The molecular formula is C11H10F2O3. The molecule has 16 heavy (non-hydrogen) atoms. The molecule has 0 radical (unpaired) electrons. The summed E-state index contributed by atoms with van der Waals surface area (Å²) in [6.45, 7) is -0.131. The van der Waals surface area contributed by atoms with E-state index in [0.717, 1.165) is 12.1 Å². The molecule has 86 valence electrons. The van der Waals surface area contributed by atoms with Gasteiger partial charge < -0.3 is 9.84 Å². The molecule has 1 aliphatic heterocycles. The second kappa shape index (κ2) is 3.92. The molecule has 2 rings (SSSR count). The van der Waals surface area contributed by atoms with E-state index >= 15 is 0 Å². The van der Waals surface area contributed by atoms with Crippen LogP contribution in [0.25, 0.3) is 0 Å². The van der Waals surface area contributed by atoms with Crippen molar-refractivity contribution in [2.24, 2.45) is 5.41 Å². The highest BCUT2D eigenvalue weighted by molar-refractivity contribution is 6.01. The first-order valence-corrected chi connectivity index (χ1v) is 4.77. The van der Waals surface area contributed by atoms with Crippen LogP contribution in [-0.2, 0) is 4.74 Å². The topological polar surface area (TPSA) is 46.5 Å². The van der Waals surface area contributed by atoms with Crippen LogP contribution in [0.15, 0.2) is 18.2 Å². The summed E-state index contributed by atoms with van der Waals surface area (Å²) in [5.41, 5.74) is -0.930. The van der Waals surface area contributed by atoms with Gasteiger partial charge in [0.15, 0.2) is 17.4 Å². The molecule has 0 aliphatic carbocycles. The number of Topliss-reactive ketones (excluding diaryl/α,β-unsaturated/α-hetero) is 1. The number of halogens is 2.